The van der Waals surface area contributed by atoms with Crippen LogP contribution in [0.3, 0.4) is 0 Å². The van der Waals surface area contributed by atoms with E-state index < -0.39 is 16.1 Å². The van der Waals surface area contributed by atoms with Gasteiger partial charge in [-0.15, -0.1) is 11.3 Å². The normalized spacial score (nSPS) is 16.5. The first-order valence-electron chi connectivity index (χ1n) is 16.3. The van der Waals surface area contributed by atoms with Gasteiger partial charge in [-0.2, -0.15) is 0 Å². The zero-order valence-corrected chi connectivity index (χ0v) is 29.7. The van der Waals surface area contributed by atoms with Crippen LogP contribution >= 0.6 is 11.3 Å². The van der Waals surface area contributed by atoms with Crippen LogP contribution in [0.5, 0.6) is 11.5 Å². The van der Waals surface area contributed by atoms with Gasteiger partial charge < -0.3 is 14.4 Å². The Labute approximate surface area is 291 Å². The second kappa shape index (κ2) is 14.7. The molecular formula is C36H41N5O6S2. The summed E-state index contributed by atoms with van der Waals surface area (Å²) in [4.78, 5) is 38.5. The van der Waals surface area contributed by atoms with Crippen LogP contribution in [0.2, 0.25) is 0 Å². The van der Waals surface area contributed by atoms with E-state index in [1.807, 2.05) is 24.3 Å². The molecule has 3 aromatic carbocycles. The first kappa shape index (κ1) is 34.6. The summed E-state index contributed by atoms with van der Waals surface area (Å²) in [5.74, 6) is 0.240. The summed E-state index contributed by atoms with van der Waals surface area (Å²) in [5, 5.41) is 0.655. The fourth-order valence-electron chi connectivity index (χ4n) is 6.67. The fourth-order valence-corrected chi connectivity index (χ4v) is 8.89. The number of aromatic nitrogens is 1. The summed E-state index contributed by atoms with van der Waals surface area (Å²) in [7, 11) is -0.666. The molecule has 49 heavy (non-hydrogen) atoms. The summed E-state index contributed by atoms with van der Waals surface area (Å²) >= 11 is 1.10. The van der Waals surface area contributed by atoms with Crippen molar-refractivity contribution in [2.75, 3.05) is 51.8 Å². The number of piperazine rings is 1. The SMILES string of the molecule is COc1ccc([C@@H](CCCNS(=O)(=O)c2cnc(C)s2)N2C(=O)c3cccc(N4CCN([C@H](C)c5ccccc5)CC4)c3C2=O)cc1OC. The highest BCUT2D eigenvalue weighted by molar-refractivity contribution is 7.91. The van der Waals surface area contributed by atoms with Crippen molar-refractivity contribution in [3.05, 3.63) is 100 Å². The number of amides is 2. The molecule has 2 amide bonds. The first-order chi connectivity index (χ1) is 23.6. The third-order valence-electron chi connectivity index (χ3n) is 9.32. The number of carbonyl (C=O) groups is 2. The molecule has 2 aliphatic heterocycles. The minimum Gasteiger partial charge on any atom is -0.493 e. The van der Waals surface area contributed by atoms with Gasteiger partial charge in [0.1, 0.15) is 0 Å². The second-order valence-electron chi connectivity index (χ2n) is 12.2. The molecule has 1 fully saturated rings. The van der Waals surface area contributed by atoms with Crippen LogP contribution in [-0.4, -0.2) is 82.0 Å². The van der Waals surface area contributed by atoms with Crippen LogP contribution in [0.4, 0.5) is 5.69 Å². The van der Waals surface area contributed by atoms with Gasteiger partial charge in [0, 0.05) is 38.8 Å². The highest BCUT2D eigenvalue weighted by Gasteiger charge is 2.43. The van der Waals surface area contributed by atoms with E-state index in [9.17, 15) is 18.0 Å². The van der Waals surface area contributed by atoms with E-state index in [0.29, 0.717) is 59.1 Å². The standard InChI is InChI=1S/C36H41N5O6S2/c1-24(26-10-6-5-7-11-26)39-18-20-40(21-19-39)30-13-8-12-28-34(30)36(43)41(35(28)42)29(27-15-16-31(46-3)32(22-27)47-4)14-9-17-38-49(44,45)33-23-37-25(2)48-33/h5-8,10-13,15-16,22-24,29,38H,9,14,17-21H2,1-4H3/t24-,29-/m1/s1. The van der Waals surface area contributed by atoms with E-state index in [0.717, 1.165) is 30.1 Å². The van der Waals surface area contributed by atoms with Gasteiger partial charge in [0.05, 0.1) is 48.3 Å². The van der Waals surface area contributed by atoms with Crippen LogP contribution in [0.25, 0.3) is 0 Å². The molecular weight excluding hydrogens is 663 g/mol. The maximum atomic E-state index is 14.4. The predicted molar refractivity (Wildman–Crippen MR) is 189 cm³/mol. The summed E-state index contributed by atoms with van der Waals surface area (Å²) in [6, 6.07) is 20.8. The van der Waals surface area contributed by atoms with Gasteiger partial charge in [-0.05, 0) is 62.1 Å². The molecule has 258 valence electrons. The Hall–Kier alpha value is -4.30. The Morgan fingerprint density at radius 3 is 2.31 bits per heavy atom. The Morgan fingerprint density at radius 1 is 0.898 bits per heavy atom. The minimum absolute atomic E-state index is 0.114. The van der Waals surface area contributed by atoms with Crippen molar-refractivity contribution in [3.63, 3.8) is 0 Å². The lowest BCUT2D eigenvalue weighted by Crippen LogP contribution is -2.47. The number of ether oxygens (including phenoxy) is 2. The van der Waals surface area contributed by atoms with Crippen molar-refractivity contribution in [3.8, 4) is 11.5 Å². The van der Waals surface area contributed by atoms with Crippen molar-refractivity contribution in [2.45, 2.75) is 43.0 Å². The summed E-state index contributed by atoms with van der Waals surface area (Å²) in [6.45, 7) is 7.14. The lowest BCUT2D eigenvalue weighted by molar-refractivity contribution is 0.0572. The third kappa shape index (κ3) is 7.07. The monoisotopic (exact) mass is 703 g/mol. The number of rotatable bonds is 13. The number of nitrogens with zero attached hydrogens (tertiary/aromatic N) is 4. The quantitative estimate of drug-likeness (QED) is 0.143. The minimum atomic E-state index is -3.74. The molecule has 1 aromatic heterocycles. The van der Waals surface area contributed by atoms with Crippen molar-refractivity contribution in [1.29, 1.82) is 0 Å². The number of benzene rings is 3. The number of hydrogen-bond donors (Lipinski definition) is 1. The molecule has 6 rings (SSSR count). The van der Waals surface area contributed by atoms with Gasteiger partial charge in [0.15, 0.2) is 15.7 Å². The van der Waals surface area contributed by atoms with E-state index in [1.165, 1.54) is 23.8 Å². The van der Waals surface area contributed by atoms with Crippen LogP contribution in [-0.2, 0) is 10.0 Å². The summed E-state index contributed by atoms with van der Waals surface area (Å²) < 4.78 is 39.5. The Morgan fingerprint density at radius 2 is 1.63 bits per heavy atom. The third-order valence-corrected chi connectivity index (χ3v) is 12.2. The van der Waals surface area contributed by atoms with Crippen LogP contribution < -0.4 is 19.1 Å². The Bertz CT molecular complexity index is 1920. The smallest absolute Gasteiger partial charge is 0.264 e. The molecule has 11 nitrogen and oxygen atoms in total. The van der Waals surface area contributed by atoms with Crippen molar-refractivity contribution in [1.82, 2.24) is 19.5 Å². The molecule has 4 aromatic rings. The molecule has 0 unspecified atom stereocenters. The largest absolute Gasteiger partial charge is 0.493 e. The maximum Gasteiger partial charge on any atom is 0.264 e. The summed E-state index contributed by atoms with van der Waals surface area (Å²) in [5.41, 5.74) is 3.47. The number of fused-ring (bicyclic) bond motifs is 1. The number of hydrogen-bond acceptors (Lipinski definition) is 10. The van der Waals surface area contributed by atoms with Gasteiger partial charge in [-0.25, -0.2) is 18.1 Å². The van der Waals surface area contributed by atoms with E-state index in [2.05, 4.69) is 50.7 Å². The molecule has 1 saturated heterocycles. The Balaban J connectivity index is 1.23. The highest BCUT2D eigenvalue weighted by Crippen LogP contribution is 2.41. The number of anilines is 1. The molecule has 0 radical (unpaired) electrons. The highest BCUT2D eigenvalue weighted by atomic mass is 32.2. The van der Waals surface area contributed by atoms with Crippen LogP contribution in [0, 0.1) is 6.92 Å². The molecule has 0 saturated carbocycles. The molecule has 0 spiro atoms. The van der Waals surface area contributed by atoms with Crippen molar-refractivity contribution >= 4 is 38.9 Å². The van der Waals surface area contributed by atoms with Gasteiger partial charge in [-0.1, -0.05) is 42.5 Å². The van der Waals surface area contributed by atoms with Gasteiger partial charge >= 0.3 is 0 Å². The average molecular weight is 704 g/mol. The van der Waals surface area contributed by atoms with Crippen molar-refractivity contribution in [2.24, 2.45) is 0 Å². The zero-order valence-electron chi connectivity index (χ0n) is 28.1. The summed E-state index contributed by atoms with van der Waals surface area (Å²) in [6.07, 6.45) is 2.02. The fraction of sp³-hybridized carbons (Fsp3) is 0.361. The molecule has 2 atom stereocenters. The molecule has 13 heteroatoms. The topological polar surface area (TPSA) is 121 Å². The van der Waals surface area contributed by atoms with Crippen LogP contribution in [0.15, 0.2) is 77.1 Å². The predicted octanol–water partition coefficient (Wildman–Crippen LogP) is 5.45. The number of sulfonamides is 1. The first-order valence-corrected chi connectivity index (χ1v) is 18.6. The van der Waals surface area contributed by atoms with Gasteiger partial charge in [0.25, 0.3) is 21.8 Å². The van der Waals surface area contributed by atoms with E-state index in [1.54, 1.807) is 32.2 Å². The maximum absolute atomic E-state index is 14.4. The lowest BCUT2D eigenvalue weighted by atomic mass is 9.99. The number of thiazole rings is 1. The average Bonchev–Trinajstić information content (AvgIpc) is 3.69. The number of imide groups is 1. The van der Waals surface area contributed by atoms with E-state index >= 15 is 0 Å². The molecule has 1 N–H and O–H groups in total. The Kier molecular flexibility index (Phi) is 10.3. The van der Waals surface area contributed by atoms with Crippen molar-refractivity contribution < 1.29 is 27.5 Å². The molecule has 2 aliphatic rings. The lowest BCUT2D eigenvalue weighted by Gasteiger charge is -2.39. The van der Waals surface area contributed by atoms with E-state index in [-0.39, 0.29) is 28.6 Å². The number of aryl methyl sites for hydroxylation is 1. The van der Waals surface area contributed by atoms with Crippen LogP contribution in [0.1, 0.15) is 68.7 Å². The molecule has 3 heterocycles. The van der Waals surface area contributed by atoms with E-state index in [4.69, 9.17) is 9.47 Å². The van der Waals surface area contributed by atoms with Gasteiger partial charge in [0.2, 0.25) is 0 Å². The number of methoxy groups -OCH3 is 2. The molecule has 0 bridgehead atoms. The number of carbonyl (C=O) groups excluding carboxylic acids is 2. The molecule has 0 aliphatic carbocycles. The second-order valence-corrected chi connectivity index (χ2v) is 15.4. The number of nitrogens with one attached hydrogen (secondary N) is 1. The zero-order chi connectivity index (χ0) is 34.7. The van der Waals surface area contributed by atoms with Gasteiger partial charge in [-0.3, -0.25) is 19.4 Å².